The zero-order valence-corrected chi connectivity index (χ0v) is 14.6. The molecule has 1 atom stereocenters. The monoisotopic (exact) mass is 352 g/mol. The minimum atomic E-state index is -0.380. The number of hydrogen-bond acceptors (Lipinski definition) is 3. The van der Waals surface area contributed by atoms with Crippen molar-refractivity contribution >= 4 is 5.91 Å². The van der Waals surface area contributed by atoms with Crippen molar-refractivity contribution < 1.29 is 9.18 Å². The fourth-order valence-electron chi connectivity index (χ4n) is 2.86. The maximum Gasteiger partial charge on any atom is 0.248 e. The molecule has 0 spiro atoms. The summed E-state index contributed by atoms with van der Waals surface area (Å²) in [6.07, 6.45) is 5.80. The van der Waals surface area contributed by atoms with Crippen molar-refractivity contribution in [2.75, 3.05) is 0 Å². The first-order chi connectivity index (χ1) is 12.7. The van der Waals surface area contributed by atoms with Crippen LogP contribution in [0.5, 0.6) is 0 Å². The largest absolute Gasteiger partial charge is 0.331 e. The fraction of sp³-hybridized carbons (Fsp3) is 0.250. The number of rotatable bonds is 7. The Hall–Kier alpha value is -3.02. The van der Waals surface area contributed by atoms with Gasteiger partial charge in [-0.25, -0.2) is 4.39 Å². The van der Waals surface area contributed by atoms with Gasteiger partial charge in [-0.2, -0.15) is 5.10 Å². The van der Waals surface area contributed by atoms with E-state index in [-0.39, 0.29) is 17.8 Å². The Morgan fingerprint density at radius 2 is 1.92 bits per heavy atom. The van der Waals surface area contributed by atoms with Crippen molar-refractivity contribution in [2.45, 2.75) is 32.5 Å². The minimum Gasteiger partial charge on any atom is -0.331 e. The zero-order chi connectivity index (χ0) is 18.4. The van der Waals surface area contributed by atoms with E-state index in [0.717, 1.165) is 11.3 Å². The maximum atomic E-state index is 13.2. The van der Waals surface area contributed by atoms with Gasteiger partial charge >= 0.3 is 0 Å². The molecule has 0 aliphatic rings. The van der Waals surface area contributed by atoms with Gasteiger partial charge in [0.25, 0.3) is 0 Å². The first-order valence-corrected chi connectivity index (χ1v) is 8.59. The number of amides is 1. The number of halogens is 1. The number of nitrogens with zero attached hydrogens (tertiary/aromatic N) is 4. The molecule has 134 valence electrons. The second-order valence-corrected chi connectivity index (χ2v) is 6.05. The molecule has 3 rings (SSSR count). The summed E-state index contributed by atoms with van der Waals surface area (Å²) in [6.45, 7) is 2.73. The lowest BCUT2D eigenvalue weighted by Gasteiger charge is -2.27. The van der Waals surface area contributed by atoms with Crippen LogP contribution in [0.2, 0.25) is 0 Å². The highest BCUT2D eigenvalue weighted by atomic mass is 19.1. The molecule has 0 saturated carbocycles. The molecule has 3 aromatic rings. The van der Waals surface area contributed by atoms with Gasteiger partial charge in [-0.05, 0) is 42.3 Å². The lowest BCUT2D eigenvalue weighted by molar-refractivity contribution is -0.136. The minimum absolute atomic E-state index is 0.0359. The SMILES string of the molecule is CC[C@@H](C(=O)N(Cc1ccc(F)cc1)Cc1ccccn1)n1cccn1. The first kappa shape index (κ1) is 17.8. The average Bonchev–Trinajstić information content (AvgIpc) is 3.19. The third kappa shape index (κ3) is 4.33. The molecule has 0 radical (unpaired) electrons. The quantitative estimate of drug-likeness (QED) is 0.653. The highest BCUT2D eigenvalue weighted by Crippen LogP contribution is 2.18. The predicted molar refractivity (Wildman–Crippen MR) is 96.4 cm³/mol. The van der Waals surface area contributed by atoms with Crippen molar-refractivity contribution in [3.05, 3.63) is 84.2 Å². The number of hydrogen-bond donors (Lipinski definition) is 0. The maximum absolute atomic E-state index is 13.2. The van der Waals surface area contributed by atoms with Gasteiger partial charge in [0.15, 0.2) is 0 Å². The van der Waals surface area contributed by atoms with Crippen LogP contribution in [0.4, 0.5) is 4.39 Å². The Kier molecular flexibility index (Phi) is 5.73. The lowest BCUT2D eigenvalue weighted by Crippen LogP contribution is -2.36. The summed E-state index contributed by atoms with van der Waals surface area (Å²) in [4.78, 5) is 19.3. The normalized spacial score (nSPS) is 11.9. The van der Waals surface area contributed by atoms with E-state index >= 15 is 0 Å². The molecule has 0 fully saturated rings. The molecule has 0 aliphatic heterocycles. The lowest BCUT2D eigenvalue weighted by atomic mass is 10.1. The van der Waals surface area contributed by atoms with Crippen molar-refractivity contribution in [3.8, 4) is 0 Å². The summed E-state index contributed by atoms with van der Waals surface area (Å²) in [5.74, 6) is -0.328. The predicted octanol–water partition coefficient (Wildman–Crippen LogP) is 3.60. The van der Waals surface area contributed by atoms with Crippen LogP contribution in [0.3, 0.4) is 0 Å². The molecule has 1 amide bonds. The molecule has 26 heavy (non-hydrogen) atoms. The topological polar surface area (TPSA) is 51.0 Å². The number of pyridine rings is 1. The van der Waals surface area contributed by atoms with E-state index in [1.165, 1.54) is 12.1 Å². The van der Waals surface area contributed by atoms with Crippen molar-refractivity contribution in [3.63, 3.8) is 0 Å². The zero-order valence-electron chi connectivity index (χ0n) is 14.6. The van der Waals surface area contributed by atoms with Crippen molar-refractivity contribution in [2.24, 2.45) is 0 Å². The second-order valence-electron chi connectivity index (χ2n) is 6.05. The highest BCUT2D eigenvalue weighted by Gasteiger charge is 2.25. The Balaban J connectivity index is 1.85. The molecule has 1 aromatic carbocycles. The molecule has 2 aromatic heterocycles. The molecule has 0 bridgehead atoms. The number of benzene rings is 1. The van der Waals surface area contributed by atoms with Crippen molar-refractivity contribution in [1.29, 1.82) is 0 Å². The standard InChI is InChI=1S/C20H21FN4O/c1-2-19(25-13-5-12-23-25)20(26)24(15-18-6-3-4-11-22-18)14-16-7-9-17(21)10-8-16/h3-13,19H,2,14-15H2,1H3/t19-/m0/s1. The molecule has 0 saturated heterocycles. The molecule has 0 aliphatic carbocycles. The number of aromatic nitrogens is 3. The van der Waals surface area contributed by atoms with E-state index in [1.807, 2.05) is 25.1 Å². The Morgan fingerprint density at radius 3 is 2.54 bits per heavy atom. The van der Waals surface area contributed by atoms with Crippen molar-refractivity contribution in [1.82, 2.24) is 19.7 Å². The van der Waals surface area contributed by atoms with Gasteiger partial charge in [0.1, 0.15) is 11.9 Å². The van der Waals surface area contributed by atoms with E-state index in [1.54, 1.807) is 46.4 Å². The summed E-state index contributed by atoms with van der Waals surface area (Å²) >= 11 is 0. The van der Waals surface area contributed by atoms with Crippen LogP contribution >= 0.6 is 0 Å². The fourth-order valence-corrected chi connectivity index (χ4v) is 2.86. The summed E-state index contributed by atoms with van der Waals surface area (Å²) in [5, 5.41) is 4.22. The van der Waals surface area contributed by atoms with E-state index in [2.05, 4.69) is 10.1 Å². The summed E-state index contributed by atoms with van der Waals surface area (Å²) < 4.78 is 14.9. The van der Waals surface area contributed by atoms with Crippen LogP contribution in [0.1, 0.15) is 30.6 Å². The Bertz CT molecular complexity index is 819. The molecule has 5 nitrogen and oxygen atoms in total. The highest BCUT2D eigenvalue weighted by molar-refractivity contribution is 5.80. The summed E-state index contributed by atoms with van der Waals surface area (Å²) in [6, 6.07) is 13.3. The van der Waals surface area contributed by atoms with E-state index < -0.39 is 0 Å². The van der Waals surface area contributed by atoms with Gasteiger partial charge in [-0.1, -0.05) is 25.1 Å². The smallest absolute Gasteiger partial charge is 0.248 e. The Morgan fingerprint density at radius 1 is 1.12 bits per heavy atom. The molecular formula is C20H21FN4O. The van der Waals surface area contributed by atoms with E-state index in [9.17, 15) is 9.18 Å². The first-order valence-electron chi connectivity index (χ1n) is 8.59. The van der Waals surface area contributed by atoms with Crippen LogP contribution in [-0.2, 0) is 17.9 Å². The van der Waals surface area contributed by atoms with Crippen LogP contribution in [-0.4, -0.2) is 25.6 Å². The molecule has 6 heteroatoms. The Labute approximate surface area is 152 Å². The summed E-state index contributed by atoms with van der Waals surface area (Å²) in [5.41, 5.74) is 1.67. The average molecular weight is 352 g/mol. The summed E-state index contributed by atoms with van der Waals surface area (Å²) in [7, 11) is 0. The van der Waals surface area contributed by atoms with E-state index in [0.29, 0.717) is 19.5 Å². The van der Waals surface area contributed by atoms with Crippen LogP contribution < -0.4 is 0 Å². The van der Waals surface area contributed by atoms with E-state index in [4.69, 9.17) is 0 Å². The third-order valence-electron chi connectivity index (χ3n) is 4.19. The van der Waals surface area contributed by atoms with Gasteiger partial charge < -0.3 is 4.90 Å². The third-order valence-corrected chi connectivity index (χ3v) is 4.19. The van der Waals surface area contributed by atoms with Crippen LogP contribution in [0, 0.1) is 5.82 Å². The second kappa shape index (κ2) is 8.38. The van der Waals surface area contributed by atoms with Gasteiger partial charge in [-0.3, -0.25) is 14.5 Å². The number of carbonyl (C=O) groups is 1. The van der Waals surface area contributed by atoms with Gasteiger partial charge in [0, 0.05) is 25.1 Å². The van der Waals surface area contributed by atoms with Gasteiger partial charge in [0.2, 0.25) is 5.91 Å². The van der Waals surface area contributed by atoms with Crippen LogP contribution in [0.15, 0.2) is 67.1 Å². The molecule has 0 N–H and O–H groups in total. The number of carbonyl (C=O) groups excluding carboxylic acids is 1. The molecular weight excluding hydrogens is 331 g/mol. The van der Waals surface area contributed by atoms with Crippen LogP contribution in [0.25, 0.3) is 0 Å². The molecule has 0 unspecified atom stereocenters. The molecule has 2 heterocycles. The van der Waals surface area contributed by atoms with Gasteiger partial charge in [-0.15, -0.1) is 0 Å². The van der Waals surface area contributed by atoms with Gasteiger partial charge in [0.05, 0.1) is 12.2 Å².